The third-order valence-corrected chi connectivity index (χ3v) is 15.1. The molecule has 9 nitrogen and oxygen atoms in total. The number of carbonyl (C=O) groups excluding carboxylic acids is 3. The third kappa shape index (κ3) is 5.51. The zero-order valence-corrected chi connectivity index (χ0v) is 31.7. The summed E-state index contributed by atoms with van der Waals surface area (Å²) in [4.78, 5) is 56.3. The minimum atomic E-state index is -1.17. The Balaban J connectivity index is 1.28. The first-order valence-electron chi connectivity index (χ1n) is 18.9. The van der Waals surface area contributed by atoms with Gasteiger partial charge in [-0.25, -0.2) is 4.79 Å². The molecule has 0 aliphatic heterocycles. The lowest BCUT2D eigenvalue weighted by Crippen LogP contribution is -2.67. The first kappa shape index (κ1) is 36.6. The van der Waals surface area contributed by atoms with Gasteiger partial charge in [0, 0.05) is 18.0 Å². The standard InChI is InChI=1S/C41H59N3O6/c1-24(2)32-27(45)21-41(44-35(49)43-25-11-10-20-42-23-25)19-18-39(8)26(33(32)41)12-13-29-38(7)16-15-30(50-31(46)22-36(3,4)34(47)48)37(5,6)28(38)14-17-40(29,39)9/h10-11,20,23-24,26,28-30H,12-19,21-22H2,1-9H3,(H,47,48)(H2,43,44,49)/t26?,28?,29?,30-,38-,39+,40+,41+/m0/s1. The summed E-state index contributed by atoms with van der Waals surface area (Å²) in [6.07, 6.45) is 10.7. The fraction of sp³-hybridized carbons (Fsp3) is 0.732. The number of Topliss-reactive ketones (excluding diaryl/α,β-unsaturated/α-hetero) is 1. The Kier molecular flexibility index (Phi) is 8.91. The largest absolute Gasteiger partial charge is 0.481 e. The number of ether oxygens (including phenoxy) is 1. The molecule has 0 radical (unpaired) electrons. The molecule has 4 fully saturated rings. The smallest absolute Gasteiger partial charge is 0.319 e. The van der Waals surface area contributed by atoms with Crippen LogP contribution >= 0.6 is 0 Å². The van der Waals surface area contributed by atoms with E-state index in [-0.39, 0.29) is 57.8 Å². The van der Waals surface area contributed by atoms with Crippen molar-refractivity contribution in [3.05, 3.63) is 35.7 Å². The first-order chi connectivity index (χ1) is 23.2. The highest BCUT2D eigenvalue weighted by Crippen LogP contribution is 2.76. The maximum atomic E-state index is 13.9. The van der Waals surface area contributed by atoms with Crippen LogP contribution in [0.15, 0.2) is 35.7 Å². The SMILES string of the molecule is CC(C)C1=C2C3CCC4[C@@]5(C)CC[C@H](OC(=O)CC(C)(C)C(=O)O)C(C)(C)C5CC[C@@]4(C)[C@]3(C)CC[C@@]2(NC(=O)Nc2cccnc2)CC1=O. The second-order valence-corrected chi connectivity index (χ2v) is 18.8. The Hall–Kier alpha value is -3.23. The molecule has 3 unspecified atom stereocenters. The number of hydrogen-bond donors (Lipinski definition) is 3. The van der Waals surface area contributed by atoms with Gasteiger partial charge in [-0.3, -0.25) is 19.4 Å². The van der Waals surface area contributed by atoms with Gasteiger partial charge in [0.05, 0.1) is 29.3 Å². The fourth-order valence-electron chi connectivity index (χ4n) is 12.4. The molecular formula is C41H59N3O6. The van der Waals surface area contributed by atoms with E-state index < -0.39 is 22.9 Å². The van der Waals surface area contributed by atoms with Gasteiger partial charge in [-0.15, -0.1) is 0 Å². The lowest BCUT2D eigenvalue weighted by molar-refractivity contribution is -0.232. The van der Waals surface area contributed by atoms with Crippen molar-refractivity contribution in [3.8, 4) is 0 Å². The summed E-state index contributed by atoms with van der Waals surface area (Å²) < 4.78 is 6.14. The Morgan fingerprint density at radius 3 is 2.34 bits per heavy atom. The van der Waals surface area contributed by atoms with Gasteiger partial charge in [0.25, 0.3) is 0 Å². The average molecular weight is 690 g/mol. The summed E-state index contributed by atoms with van der Waals surface area (Å²) in [5.74, 6) is -0.168. The van der Waals surface area contributed by atoms with E-state index in [0.717, 1.165) is 56.9 Å². The number of urea groups is 1. The van der Waals surface area contributed by atoms with E-state index in [1.165, 1.54) is 5.57 Å². The number of nitrogens with zero attached hydrogens (tertiary/aromatic N) is 1. The number of amides is 2. The molecule has 9 heteroatoms. The van der Waals surface area contributed by atoms with Gasteiger partial charge >= 0.3 is 18.0 Å². The van der Waals surface area contributed by atoms with Gasteiger partial charge < -0.3 is 20.5 Å². The molecule has 0 spiro atoms. The van der Waals surface area contributed by atoms with Crippen molar-refractivity contribution in [2.45, 2.75) is 138 Å². The number of hydrogen-bond acceptors (Lipinski definition) is 6. The molecule has 5 aliphatic rings. The Morgan fingerprint density at radius 1 is 0.980 bits per heavy atom. The highest BCUT2D eigenvalue weighted by molar-refractivity contribution is 6.03. The van der Waals surface area contributed by atoms with Crippen molar-refractivity contribution in [2.75, 3.05) is 5.32 Å². The van der Waals surface area contributed by atoms with Crippen molar-refractivity contribution < 1.29 is 29.0 Å². The molecular weight excluding hydrogens is 630 g/mol. The van der Waals surface area contributed by atoms with Crippen LogP contribution < -0.4 is 10.6 Å². The number of carbonyl (C=O) groups is 4. The number of carboxylic acid groups (broad SMARTS) is 1. The van der Waals surface area contributed by atoms with Crippen LogP contribution in [-0.4, -0.2) is 45.5 Å². The van der Waals surface area contributed by atoms with Crippen LogP contribution in [0.3, 0.4) is 0 Å². The fourth-order valence-corrected chi connectivity index (χ4v) is 12.4. The van der Waals surface area contributed by atoms with Gasteiger partial charge in [0.1, 0.15) is 6.10 Å². The number of ketones is 1. The molecule has 5 aliphatic carbocycles. The average Bonchev–Trinajstić information content (AvgIpc) is 3.30. The topological polar surface area (TPSA) is 135 Å². The minimum absolute atomic E-state index is 0.0249. The Morgan fingerprint density at radius 2 is 1.70 bits per heavy atom. The maximum Gasteiger partial charge on any atom is 0.319 e. The quantitative estimate of drug-likeness (QED) is 0.245. The number of aromatic nitrogens is 1. The van der Waals surface area contributed by atoms with E-state index in [4.69, 9.17) is 4.74 Å². The minimum Gasteiger partial charge on any atom is -0.481 e. The monoisotopic (exact) mass is 689 g/mol. The zero-order chi connectivity index (χ0) is 36.7. The van der Waals surface area contributed by atoms with Crippen LogP contribution in [0.5, 0.6) is 0 Å². The third-order valence-electron chi connectivity index (χ3n) is 15.1. The van der Waals surface area contributed by atoms with Crippen LogP contribution in [0.4, 0.5) is 10.5 Å². The van der Waals surface area contributed by atoms with Gasteiger partial charge in [0.15, 0.2) is 5.78 Å². The van der Waals surface area contributed by atoms with Crippen molar-refractivity contribution in [3.63, 3.8) is 0 Å². The lowest BCUT2D eigenvalue weighted by Gasteiger charge is -2.72. The molecule has 4 saturated carbocycles. The highest BCUT2D eigenvalue weighted by atomic mass is 16.5. The number of rotatable bonds is 7. The molecule has 0 saturated heterocycles. The second kappa shape index (κ2) is 12.2. The van der Waals surface area contributed by atoms with Crippen molar-refractivity contribution in [1.29, 1.82) is 0 Å². The predicted octanol–water partition coefficient (Wildman–Crippen LogP) is 8.35. The molecule has 6 rings (SSSR count). The van der Waals surface area contributed by atoms with E-state index in [1.807, 2.05) is 6.07 Å². The summed E-state index contributed by atoms with van der Waals surface area (Å²) in [5, 5.41) is 15.9. The molecule has 1 aromatic rings. The molecule has 1 aromatic heterocycles. The van der Waals surface area contributed by atoms with Gasteiger partial charge in [-0.1, -0.05) is 48.5 Å². The summed E-state index contributed by atoms with van der Waals surface area (Å²) in [6, 6.07) is 3.31. The van der Waals surface area contributed by atoms with E-state index in [9.17, 15) is 24.3 Å². The number of esters is 1. The van der Waals surface area contributed by atoms with Crippen LogP contribution in [-0.2, 0) is 19.1 Å². The summed E-state index contributed by atoms with van der Waals surface area (Å²) >= 11 is 0. The number of fused-ring (bicyclic) bond motifs is 7. The Labute approximate surface area is 298 Å². The number of aliphatic carboxylic acids is 1. The molecule has 0 bridgehead atoms. The van der Waals surface area contributed by atoms with Crippen molar-refractivity contribution in [1.82, 2.24) is 10.3 Å². The molecule has 50 heavy (non-hydrogen) atoms. The van der Waals surface area contributed by atoms with Crippen LogP contribution in [0.25, 0.3) is 0 Å². The molecule has 1 heterocycles. The molecule has 0 aromatic carbocycles. The number of pyridine rings is 1. The molecule has 274 valence electrons. The number of allylic oxidation sites excluding steroid dienone is 1. The maximum absolute atomic E-state index is 13.9. The van der Waals surface area contributed by atoms with E-state index in [2.05, 4.69) is 64.1 Å². The zero-order valence-electron chi connectivity index (χ0n) is 31.7. The van der Waals surface area contributed by atoms with E-state index in [1.54, 1.807) is 32.3 Å². The van der Waals surface area contributed by atoms with Gasteiger partial charge in [-0.2, -0.15) is 0 Å². The van der Waals surface area contributed by atoms with Gasteiger partial charge in [0.2, 0.25) is 0 Å². The van der Waals surface area contributed by atoms with Crippen LogP contribution in [0, 0.1) is 50.7 Å². The molecule has 2 amide bonds. The predicted molar refractivity (Wildman–Crippen MR) is 192 cm³/mol. The second-order valence-electron chi connectivity index (χ2n) is 18.8. The van der Waals surface area contributed by atoms with Gasteiger partial charge in [-0.05, 0) is 128 Å². The lowest BCUT2D eigenvalue weighted by atomic mass is 9.33. The summed E-state index contributed by atoms with van der Waals surface area (Å²) in [6.45, 7) is 19.4. The van der Waals surface area contributed by atoms with E-state index >= 15 is 0 Å². The summed E-state index contributed by atoms with van der Waals surface area (Å²) in [7, 11) is 0. The number of nitrogens with one attached hydrogen (secondary N) is 2. The van der Waals surface area contributed by atoms with Crippen molar-refractivity contribution >= 4 is 29.4 Å². The number of anilines is 1. The van der Waals surface area contributed by atoms with Crippen molar-refractivity contribution in [2.24, 2.45) is 50.7 Å². The molecule has 3 N–H and O–H groups in total. The Bertz CT molecular complexity index is 1600. The number of carboxylic acids is 1. The van der Waals surface area contributed by atoms with E-state index in [0.29, 0.717) is 23.9 Å². The molecule has 8 atom stereocenters. The van der Waals surface area contributed by atoms with Crippen LogP contribution in [0.1, 0.15) is 127 Å². The summed E-state index contributed by atoms with van der Waals surface area (Å²) in [5.41, 5.74) is 0.655. The normalized spacial score (nSPS) is 37.6. The first-order valence-corrected chi connectivity index (χ1v) is 18.9. The van der Waals surface area contributed by atoms with Crippen LogP contribution in [0.2, 0.25) is 0 Å². The highest BCUT2D eigenvalue weighted by Gasteiger charge is 2.70.